The van der Waals surface area contributed by atoms with Crippen molar-refractivity contribution in [3.63, 3.8) is 0 Å². The number of hydrogen-bond donors (Lipinski definition) is 2. The number of fused-ring (bicyclic) bond motifs is 1. The average Bonchev–Trinajstić information content (AvgIpc) is 2.69. The van der Waals surface area contributed by atoms with Gasteiger partial charge in [-0.05, 0) is 19.1 Å². The molecule has 0 spiro atoms. The molecule has 0 bridgehead atoms. The Labute approximate surface area is 163 Å². The van der Waals surface area contributed by atoms with Crippen LogP contribution >= 0.6 is 0 Å². The van der Waals surface area contributed by atoms with Crippen LogP contribution in [0, 0.1) is 11.6 Å². The highest BCUT2D eigenvalue weighted by Crippen LogP contribution is 2.25. The molecular weight excluding hydrogens is 384 g/mol. The van der Waals surface area contributed by atoms with Crippen LogP contribution in [-0.4, -0.2) is 51.3 Å². The molecule has 4 heterocycles. The van der Waals surface area contributed by atoms with E-state index in [2.05, 4.69) is 15.3 Å². The molecule has 1 fully saturated rings. The molecule has 0 radical (unpaired) electrons. The fourth-order valence-electron chi connectivity index (χ4n) is 3.46. The van der Waals surface area contributed by atoms with Crippen molar-refractivity contribution in [2.75, 3.05) is 24.5 Å². The molecule has 1 unspecified atom stereocenters. The lowest BCUT2D eigenvalue weighted by molar-refractivity contribution is 0.0695. The molecule has 8 nitrogen and oxygen atoms in total. The summed E-state index contributed by atoms with van der Waals surface area (Å²) in [6, 6.07) is 2.40. The van der Waals surface area contributed by atoms with Crippen LogP contribution in [0.2, 0.25) is 0 Å². The average molecular weight is 401 g/mol. The number of carboxylic acids is 1. The van der Waals surface area contributed by atoms with Crippen LogP contribution in [0.1, 0.15) is 17.3 Å². The molecule has 1 atom stereocenters. The maximum absolute atomic E-state index is 14.9. The summed E-state index contributed by atoms with van der Waals surface area (Å²) >= 11 is 0. The van der Waals surface area contributed by atoms with Gasteiger partial charge in [0.15, 0.2) is 23.1 Å². The monoisotopic (exact) mass is 401 g/mol. The summed E-state index contributed by atoms with van der Waals surface area (Å²) in [6.07, 6.45) is 3.29. The smallest absolute Gasteiger partial charge is 0.341 e. The highest BCUT2D eigenvalue weighted by Gasteiger charge is 2.24. The third-order valence-corrected chi connectivity index (χ3v) is 4.82. The van der Waals surface area contributed by atoms with Gasteiger partial charge in [-0.25, -0.2) is 18.6 Å². The zero-order chi connectivity index (χ0) is 20.7. The van der Waals surface area contributed by atoms with E-state index in [9.17, 15) is 23.5 Å². The van der Waals surface area contributed by atoms with E-state index < -0.39 is 28.6 Å². The molecule has 3 aromatic heterocycles. The van der Waals surface area contributed by atoms with Crippen molar-refractivity contribution in [3.05, 3.63) is 58.1 Å². The molecule has 4 rings (SSSR count). The lowest BCUT2D eigenvalue weighted by Gasteiger charge is -2.33. The van der Waals surface area contributed by atoms with Gasteiger partial charge in [-0.2, -0.15) is 0 Å². The van der Waals surface area contributed by atoms with E-state index in [1.165, 1.54) is 12.3 Å². The SMILES string of the molecule is CC1CN(c2nc3c(cc2F)c(=O)c(C(=O)O)cn3-c2ccncc2F)CCN1. The maximum Gasteiger partial charge on any atom is 0.341 e. The van der Waals surface area contributed by atoms with Crippen molar-refractivity contribution in [3.8, 4) is 5.69 Å². The summed E-state index contributed by atoms with van der Waals surface area (Å²) in [5, 5.41) is 12.4. The van der Waals surface area contributed by atoms with E-state index in [-0.39, 0.29) is 28.6 Å². The van der Waals surface area contributed by atoms with E-state index in [1.807, 2.05) is 6.92 Å². The first kappa shape index (κ1) is 18.9. The Morgan fingerprint density at radius 3 is 2.83 bits per heavy atom. The van der Waals surface area contributed by atoms with Gasteiger partial charge in [0.2, 0.25) is 5.43 Å². The lowest BCUT2D eigenvalue weighted by atomic mass is 10.1. The predicted octanol–water partition coefficient (Wildman–Crippen LogP) is 1.56. The molecule has 150 valence electrons. The van der Waals surface area contributed by atoms with E-state index >= 15 is 0 Å². The first-order chi connectivity index (χ1) is 13.9. The van der Waals surface area contributed by atoms with Gasteiger partial charge in [-0.15, -0.1) is 0 Å². The minimum absolute atomic E-state index is 0.0246. The second-order valence-corrected chi connectivity index (χ2v) is 6.84. The molecule has 1 aliphatic rings. The van der Waals surface area contributed by atoms with Crippen molar-refractivity contribution in [1.29, 1.82) is 0 Å². The van der Waals surface area contributed by atoms with Crippen molar-refractivity contribution in [2.45, 2.75) is 13.0 Å². The van der Waals surface area contributed by atoms with Gasteiger partial charge in [-0.1, -0.05) is 0 Å². The van der Waals surface area contributed by atoms with Gasteiger partial charge >= 0.3 is 5.97 Å². The minimum atomic E-state index is -1.50. The molecule has 1 aliphatic heterocycles. The third-order valence-electron chi connectivity index (χ3n) is 4.82. The topological polar surface area (TPSA) is 100 Å². The number of halogens is 2. The number of piperazine rings is 1. The molecule has 0 aromatic carbocycles. The first-order valence-corrected chi connectivity index (χ1v) is 8.94. The van der Waals surface area contributed by atoms with Gasteiger partial charge in [0.1, 0.15) is 5.56 Å². The normalized spacial score (nSPS) is 16.9. The summed E-state index contributed by atoms with van der Waals surface area (Å²) in [6.45, 7) is 3.58. The molecule has 10 heteroatoms. The summed E-state index contributed by atoms with van der Waals surface area (Å²) < 4.78 is 30.4. The van der Waals surface area contributed by atoms with Crippen molar-refractivity contribution in [1.82, 2.24) is 19.9 Å². The fourth-order valence-corrected chi connectivity index (χ4v) is 3.46. The maximum atomic E-state index is 14.9. The number of hydrogen-bond acceptors (Lipinski definition) is 6. The number of aromatic carboxylic acids is 1. The van der Waals surface area contributed by atoms with Crippen LogP contribution in [0.3, 0.4) is 0 Å². The molecule has 1 saturated heterocycles. The number of carbonyl (C=O) groups is 1. The Hall–Kier alpha value is -3.40. The van der Waals surface area contributed by atoms with Crippen LogP contribution in [0.25, 0.3) is 16.7 Å². The number of rotatable bonds is 3. The highest BCUT2D eigenvalue weighted by molar-refractivity contribution is 5.92. The Morgan fingerprint density at radius 1 is 1.34 bits per heavy atom. The number of aromatic nitrogens is 3. The number of nitrogens with one attached hydrogen (secondary N) is 1. The molecule has 0 amide bonds. The Morgan fingerprint density at radius 2 is 2.14 bits per heavy atom. The second-order valence-electron chi connectivity index (χ2n) is 6.84. The lowest BCUT2D eigenvalue weighted by Crippen LogP contribution is -2.49. The summed E-state index contributed by atoms with van der Waals surface area (Å²) in [7, 11) is 0. The summed E-state index contributed by atoms with van der Waals surface area (Å²) in [5.41, 5.74) is -1.58. The van der Waals surface area contributed by atoms with Gasteiger partial charge in [0.25, 0.3) is 0 Å². The standard InChI is InChI=1S/C19H17F2N5O3/c1-10-8-25(5-4-23-10)18-13(20)6-11-16(27)12(19(28)29)9-26(17(11)24-18)15-2-3-22-7-14(15)21/h2-3,6-7,9-10,23H,4-5,8H2,1H3,(H,28,29). The quantitative estimate of drug-likeness (QED) is 0.687. The third kappa shape index (κ3) is 3.31. The zero-order valence-corrected chi connectivity index (χ0v) is 15.4. The van der Waals surface area contributed by atoms with E-state index in [0.29, 0.717) is 19.6 Å². The van der Waals surface area contributed by atoms with Gasteiger partial charge in [0.05, 0.1) is 17.3 Å². The van der Waals surface area contributed by atoms with Gasteiger partial charge in [0, 0.05) is 38.1 Å². The number of anilines is 1. The van der Waals surface area contributed by atoms with Crippen molar-refractivity contribution >= 4 is 22.8 Å². The van der Waals surface area contributed by atoms with Crippen molar-refractivity contribution < 1.29 is 18.7 Å². The van der Waals surface area contributed by atoms with Crippen LogP contribution in [0.15, 0.2) is 35.5 Å². The molecule has 3 aromatic rings. The number of nitrogens with zero attached hydrogens (tertiary/aromatic N) is 4. The van der Waals surface area contributed by atoms with Crippen LogP contribution in [0.5, 0.6) is 0 Å². The Balaban J connectivity index is 2.03. The summed E-state index contributed by atoms with van der Waals surface area (Å²) in [5.74, 6) is -2.96. The molecular formula is C19H17F2N5O3. The number of carboxylic acid groups (broad SMARTS) is 1. The molecule has 2 N–H and O–H groups in total. The second kappa shape index (κ2) is 7.21. The largest absolute Gasteiger partial charge is 0.477 e. The Kier molecular flexibility index (Phi) is 4.71. The van der Waals surface area contributed by atoms with Crippen molar-refractivity contribution in [2.24, 2.45) is 0 Å². The minimum Gasteiger partial charge on any atom is -0.477 e. The van der Waals surface area contributed by atoms with Crippen LogP contribution < -0.4 is 15.6 Å². The predicted molar refractivity (Wildman–Crippen MR) is 102 cm³/mol. The van der Waals surface area contributed by atoms with E-state index in [0.717, 1.165) is 23.0 Å². The molecule has 0 saturated carbocycles. The van der Waals surface area contributed by atoms with Crippen LogP contribution in [-0.2, 0) is 0 Å². The van der Waals surface area contributed by atoms with E-state index in [4.69, 9.17) is 0 Å². The highest BCUT2D eigenvalue weighted by atomic mass is 19.1. The van der Waals surface area contributed by atoms with Gasteiger partial charge < -0.3 is 15.3 Å². The van der Waals surface area contributed by atoms with Gasteiger partial charge in [-0.3, -0.25) is 14.3 Å². The molecule has 29 heavy (non-hydrogen) atoms. The van der Waals surface area contributed by atoms with Crippen LogP contribution in [0.4, 0.5) is 14.6 Å². The Bertz CT molecular complexity index is 1180. The summed E-state index contributed by atoms with van der Waals surface area (Å²) in [4.78, 5) is 33.8. The van der Waals surface area contributed by atoms with E-state index in [1.54, 1.807) is 4.90 Å². The number of pyridine rings is 3. The molecule has 0 aliphatic carbocycles. The fraction of sp³-hybridized carbons (Fsp3) is 0.263. The zero-order valence-electron chi connectivity index (χ0n) is 15.4. The first-order valence-electron chi connectivity index (χ1n) is 8.94.